The predicted octanol–water partition coefficient (Wildman–Crippen LogP) is 2.97. The number of aliphatic hydroxyl groups is 1. The van der Waals surface area contributed by atoms with Crippen molar-refractivity contribution < 1.29 is 14.2 Å². The van der Waals surface area contributed by atoms with Crippen molar-refractivity contribution in [1.29, 1.82) is 0 Å². The minimum atomic E-state index is -0.689. The molecule has 146 valence electrons. The average Bonchev–Trinajstić information content (AvgIpc) is 2.67. The van der Waals surface area contributed by atoms with Crippen LogP contribution in [0.4, 0.5) is 4.39 Å². The Hall–Kier alpha value is -2.60. The molecule has 0 radical (unpaired) electrons. The number of rotatable bonds is 8. The number of nitrogens with one attached hydrogen (secondary N) is 2. The van der Waals surface area contributed by atoms with Gasteiger partial charge in [-0.1, -0.05) is 18.2 Å². The number of aliphatic hydroxyl groups excluding tert-OH is 1. The molecular weight excluding hydrogens is 345 g/mol. The van der Waals surface area contributed by atoms with E-state index < -0.39 is 6.10 Å². The fraction of sp³-hybridized carbons (Fsp3) is 0.381. The number of benzene rings is 2. The lowest BCUT2D eigenvalue weighted by atomic mass is 10.1. The second-order valence-corrected chi connectivity index (χ2v) is 6.26. The summed E-state index contributed by atoms with van der Waals surface area (Å²) in [5, 5.41) is 16.7. The second-order valence-electron chi connectivity index (χ2n) is 6.26. The highest BCUT2D eigenvalue weighted by molar-refractivity contribution is 5.79. The summed E-state index contributed by atoms with van der Waals surface area (Å²) in [5.74, 6) is 1.18. The van der Waals surface area contributed by atoms with Gasteiger partial charge < -0.3 is 20.5 Å². The lowest BCUT2D eigenvalue weighted by molar-refractivity contribution is 0.187. The topological polar surface area (TPSA) is 65.9 Å². The number of methoxy groups -OCH3 is 1. The number of aryl methyl sites for hydroxylation is 1. The van der Waals surface area contributed by atoms with Crippen molar-refractivity contribution in [1.82, 2.24) is 10.6 Å². The Morgan fingerprint density at radius 2 is 1.93 bits per heavy atom. The van der Waals surface area contributed by atoms with Crippen molar-refractivity contribution in [2.24, 2.45) is 4.99 Å². The Bertz CT molecular complexity index is 748. The van der Waals surface area contributed by atoms with Crippen molar-refractivity contribution >= 4 is 5.96 Å². The standard InChI is InChI=1S/C21H28FN3O2/c1-4-23-21(24-12-11-16-5-8-18(22)13-15(16)2)25-14-20(26)17-6-9-19(27-3)10-7-17/h5-10,13,20,26H,4,11-12,14H2,1-3H3,(H2,23,24,25). The number of ether oxygens (including phenoxy) is 1. The van der Waals surface area contributed by atoms with Gasteiger partial charge in [0.15, 0.2) is 5.96 Å². The van der Waals surface area contributed by atoms with Crippen LogP contribution in [-0.2, 0) is 6.42 Å². The number of aliphatic imine (C=N–C) groups is 1. The summed E-state index contributed by atoms with van der Waals surface area (Å²) in [5.41, 5.74) is 2.82. The zero-order valence-electron chi connectivity index (χ0n) is 16.1. The third-order valence-corrected chi connectivity index (χ3v) is 4.26. The van der Waals surface area contributed by atoms with Gasteiger partial charge in [-0.15, -0.1) is 0 Å². The molecule has 5 nitrogen and oxygen atoms in total. The zero-order chi connectivity index (χ0) is 19.6. The van der Waals surface area contributed by atoms with Crippen LogP contribution in [0.3, 0.4) is 0 Å². The molecular formula is C21H28FN3O2. The van der Waals surface area contributed by atoms with Crippen LogP contribution >= 0.6 is 0 Å². The predicted molar refractivity (Wildman–Crippen MR) is 107 cm³/mol. The average molecular weight is 373 g/mol. The lowest BCUT2D eigenvalue weighted by Crippen LogP contribution is -2.38. The number of halogens is 1. The van der Waals surface area contributed by atoms with Crippen LogP contribution in [0.2, 0.25) is 0 Å². The number of nitrogens with zero attached hydrogens (tertiary/aromatic N) is 1. The summed E-state index contributed by atoms with van der Waals surface area (Å²) in [7, 11) is 1.61. The summed E-state index contributed by atoms with van der Waals surface area (Å²) in [6.45, 7) is 5.53. The molecule has 0 spiro atoms. The van der Waals surface area contributed by atoms with Crippen LogP contribution in [0, 0.1) is 12.7 Å². The monoisotopic (exact) mass is 373 g/mol. The number of hydrogen-bond acceptors (Lipinski definition) is 3. The van der Waals surface area contributed by atoms with Crippen LogP contribution in [0.25, 0.3) is 0 Å². The molecule has 1 unspecified atom stereocenters. The van der Waals surface area contributed by atoms with Crippen molar-refractivity contribution in [3.8, 4) is 5.75 Å². The summed E-state index contributed by atoms with van der Waals surface area (Å²) >= 11 is 0. The molecule has 0 saturated heterocycles. The summed E-state index contributed by atoms with van der Waals surface area (Å²) < 4.78 is 18.3. The molecule has 0 aromatic heterocycles. The molecule has 2 aromatic rings. The van der Waals surface area contributed by atoms with Gasteiger partial charge in [0, 0.05) is 13.1 Å². The first-order chi connectivity index (χ1) is 13.0. The van der Waals surface area contributed by atoms with Crippen molar-refractivity contribution in [2.75, 3.05) is 26.7 Å². The molecule has 27 heavy (non-hydrogen) atoms. The van der Waals surface area contributed by atoms with Crippen LogP contribution in [0.15, 0.2) is 47.5 Å². The quantitative estimate of drug-likeness (QED) is 0.492. The first-order valence-electron chi connectivity index (χ1n) is 9.12. The smallest absolute Gasteiger partial charge is 0.191 e. The van der Waals surface area contributed by atoms with Crippen molar-refractivity contribution in [3.63, 3.8) is 0 Å². The molecule has 3 N–H and O–H groups in total. The maximum atomic E-state index is 13.2. The summed E-state index contributed by atoms with van der Waals surface area (Å²) in [4.78, 5) is 4.45. The van der Waals surface area contributed by atoms with E-state index in [0.717, 1.165) is 35.4 Å². The Balaban J connectivity index is 1.90. The highest BCUT2D eigenvalue weighted by atomic mass is 19.1. The maximum absolute atomic E-state index is 13.2. The Kier molecular flexibility index (Phi) is 8.07. The van der Waals surface area contributed by atoms with Gasteiger partial charge in [0.1, 0.15) is 11.6 Å². The Morgan fingerprint density at radius 3 is 2.56 bits per heavy atom. The number of guanidine groups is 1. The van der Waals surface area contributed by atoms with Gasteiger partial charge in [-0.25, -0.2) is 4.39 Å². The molecule has 0 fully saturated rings. The van der Waals surface area contributed by atoms with E-state index in [1.165, 1.54) is 6.07 Å². The molecule has 2 aromatic carbocycles. The fourth-order valence-electron chi connectivity index (χ4n) is 2.71. The molecule has 0 heterocycles. The summed E-state index contributed by atoms with van der Waals surface area (Å²) in [6.07, 6.45) is 0.0723. The third-order valence-electron chi connectivity index (χ3n) is 4.26. The molecule has 0 bridgehead atoms. The Morgan fingerprint density at radius 1 is 1.19 bits per heavy atom. The minimum Gasteiger partial charge on any atom is -0.497 e. The minimum absolute atomic E-state index is 0.216. The van der Waals surface area contributed by atoms with Gasteiger partial charge in [-0.2, -0.15) is 0 Å². The van der Waals surface area contributed by atoms with E-state index in [9.17, 15) is 9.50 Å². The van der Waals surface area contributed by atoms with Gasteiger partial charge in [0.2, 0.25) is 0 Å². The fourth-order valence-corrected chi connectivity index (χ4v) is 2.71. The van der Waals surface area contributed by atoms with Crippen molar-refractivity contribution in [3.05, 3.63) is 65.0 Å². The van der Waals surface area contributed by atoms with Gasteiger partial charge in [0.05, 0.1) is 19.8 Å². The lowest BCUT2D eigenvalue weighted by Gasteiger charge is -2.14. The Labute approximate surface area is 160 Å². The van der Waals surface area contributed by atoms with E-state index >= 15 is 0 Å². The molecule has 1 atom stereocenters. The van der Waals surface area contributed by atoms with Gasteiger partial charge in [-0.3, -0.25) is 4.99 Å². The largest absolute Gasteiger partial charge is 0.497 e. The molecule has 0 aliphatic carbocycles. The van der Waals surface area contributed by atoms with E-state index in [0.29, 0.717) is 12.5 Å². The highest BCUT2D eigenvalue weighted by Crippen LogP contribution is 2.17. The van der Waals surface area contributed by atoms with Crippen LogP contribution in [0.5, 0.6) is 5.75 Å². The first kappa shape index (κ1) is 20.7. The van der Waals surface area contributed by atoms with E-state index in [-0.39, 0.29) is 12.4 Å². The molecule has 0 saturated carbocycles. The molecule has 0 amide bonds. The van der Waals surface area contributed by atoms with Crippen LogP contribution in [0.1, 0.15) is 29.7 Å². The maximum Gasteiger partial charge on any atom is 0.191 e. The summed E-state index contributed by atoms with van der Waals surface area (Å²) in [6, 6.07) is 12.1. The van der Waals surface area contributed by atoms with Gasteiger partial charge in [0.25, 0.3) is 0 Å². The van der Waals surface area contributed by atoms with E-state index in [1.54, 1.807) is 13.2 Å². The normalized spacial score (nSPS) is 12.6. The molecule has 0 aliphatic heterocycles. The van der Waals surface area contributed by atoms with E-state index in [1.807, 2.05) is 44.2 Å². The van der Waals surface area contributed by atoms with Gasteiger partial charge >= 0.3 is 0 Å². The van der Waals surface area contributed by atoms with Crippen LogP contribution < -0.4 is 15.4 Å². The molecule has 2 rings (SSSR count). The van der Waals surface area contributed by atoms with E-state index in [2.05, 4.69) is 15.6 Å². The zero-order valence-corrected chi connectivity index (χ0v) is 16.1. The van der Waals surface area contributed by atoms with Crippen molar-refractivity contribution in [2.45, 2.75) is 26.4 Å². The van der Waals surface area contributed by atoms with E-state index in [4.69, 9.17) is 4.74 Å². The molecule has 0 aliphatic rings. The highest BCUT2D eigenvalue weighted by Gasteiger charge is 2.08. The number of hydrogen-bond donors (Lipinski definition) is 3. The SMILES string of the molecule is CCNC(=NCC(O)c1ccc(OC)cc1)NCCc1ccc(F)cc1C. The van der Waals surface area contributed by atoms with Crippen LogP contribution in [-0.4, -0.2) is 37.8 Å². The first-order valence-corrected chi connectivity index (χ1v) is 9.12. The third kappa shape index (κ3) is 6.57. The molecule has 6 heteroatoms. The van der Waals surface area contributed by atoms with Gasteiger partial charge in [-0.05, 0) is 61.2 Å². The second kappa shape index (κ2) is 10.5.